The summed E-state index contributed by atoms with van der Waals surface area (Å²) < 4.78 is 68.5. The molecule has 2 atom stereocenters. The van der Waals surface area contributed by atoms with Crippen LogP contribution in [0, 0.1) is 11.8 Å². The van der Waals surface area contributed by atoms with Crippen molar-refractivity contribution in [2.45, 2.75) is 25.9 Å². The molecule has 43 heavy (non-hydrogen) atoms. The van der Waals surface area contributed by atoms with Gasteiger partial charge in [-0.05, 0) is 21.7 Å². The zero-order chi connectivity index (χ0) is 32.1. The lowest BCUT2D eigenvalue weighted by molar-refractivity contribution is 0.0126. The molecule has 0 aromatic carbocycles. The van der Waals surface area contributed by atoms with Crippen LogP contribution in [0.5, 0.6) is 0 Å². The molecule has 0 amide bonds. The van der Waals surface area contributed by atoms with E-state index in [0.29, 0.717) is 103 Å². The second-order valence-corrected chi connectivity index (χ2v) is 19.3. The van der Waals surface area contributed by atoms with Crippen LogP contribution >= 0.6 is 31.4 Å². The van der Waals surface area contributed by atoms with E-state index in [-0.39, 0.29) is 0 Å². The Kier molecular flexibility index (Phi) is 31.1. The Balaban J connectivity index is 4.98. The molecule has 260 valence electrons. The molecule has 0 heterocycles. The van der Waals surface area contributed by atoms with E-state index in [0.717, 1.165) is 11.5 Å². The van der Waals surface area contributed by atoms with Crippen LogP contribution in [-0.4, -0.2) is 151 Å². The van der Waals surface area contributed by atoms with Gasteiger partial charge in [-0.1, -0.05) is 35.4 Å². The minimum Gasteiger partial charge on any atom is -0.382 e. The summed E-state index contributed by atoms with van der Waals surface area (Å²) in [5.74, 6) is 2.48. The molecule has 17 heteroatoms. The predicted molar refractivity (Wildman–Crippen MR) is 179 cm³/mol. The maximum atomic E-state index is 6.23. The van der Waals surface area contributed by atoms with E-state index in [1.54, 1.807) is 52.5 Å². The molecule has 0 aromatic rings. The molecular formula is C26H58O12S3Si2. The molecule has 0 radical (unpaired) electrons. The summed E-state index contributed by atoms with van der Waals surface area (Å²) in [6.07, 6.45) is 0. The summed E-state index contributed by atoms with van der Waals surface area (Å²) >= 11 is 0. The second kappa shape index (κ2) is 30.3. The molecule has 0 N–H and O–H groups in total. The third-order valence-electron chi connectivity index (χ3n) is 5.65. The highest BCUT2D eigenvalue weighted by atomic mass is 33.5. The van der Waals surface area contributed by atoms with Crippen molar-refractivity contribution < 1.29 is 55.0 Å². The molecule has 0 aliphatic carbocycles. The average Bonchev–Trinajstić information content (AvgIpc) is 2.98. The van der Waals surface area contributed by atoms with Gasteiger partial charge in [0.05, 0.1) is 79.3 Å². The summed E-state index contributed by atoms with van der Waals surface area (Å²) in [5.41, 5.74) is 0. The molecule has 2 unspecified atom stereocenters. The second-order valence-electron chi connectivity index (χ2n) is 9.67. The van der Waals surface area contributed by atoms with E-state index in [1.807, 2.05) is 21.6 Å². The highest BCUT2D eigenvalue weighted by molar-refractivity contribution is 9.09. The van der Waals surface area contributed by atoms with Crippen LogP contribution in [0.2, 0.25) is 12.1 Å². The number of rotatable bonds is 34. The zero-order valence-corrected chi connectivity index (χ0v) is 32.0. The zero-order valence-electron chi connectivity index (χ0n) is 27.6. The fraction of sp³-hybridized carbons (Fsp3) is 1.00. The Labute approximate surface area is 274 Å². The van der Waals surface area contributed by atoms with E-state index in [2.05, 4.69) is 13.8 Å². The first-order valence-corrected chi connectivity index (χ1v) is 22.2. The van der Waals surface area contributed by atoms with E-state index in [4.69, 9.17) is 55.0 Å². The van der Waals surface area contributed by atoms with Gasteiger partial charge in [0.15, 0.2) is 0 Å². The maximum absolute atomic E-state index is 6.23. The van der Waals surface area contributed by atoms with Crippen LogP contribution in [-0.2, 0) is 55.0 Å². The maximum Gasteiger partial charge on any atom is 0.501 e. The Bertz CT molecular complexity index is 507. The topological polar surface area (TPSA) is 111 Å². The van der Waals surface area contributed by atoms with Gasteiger partial charge in [-0.15, -0.1) is 0 Å². The van der Waals surface area contributed by atoms with Gasteiger partial charge < -0.3 is 55.0 Å². The van der Waals surface area contributed by atoms with Crippen LogP contribution in [0.15, 0.2) is 0 Å². The standard InChI is InChI=1S/C26H58O12S3Si2/c1-25(23-42(33-15-9-27-3,34-16-10-28-4)35-17-11-29-5)21-39-41-40-22-26(2)24-43(36-18-12-30-6,37-19-13-31-7)38-20-14-32-8/h25-26H,9-24H2,1-8H3. The summed E-state index contributed by atoms with van der Waals surface area (Å²) in [7, 11) is 9.43. The Morgan fingerprint density at radius 1 is 0.395 bits per heavy atom. The van der Waals surface area contributed by atoms with E-state index in [9.17, 15) is 0 Å². The molecule has 0 spiro atoms. The van der Waals surface area contributed by atoms with Crippen molar-refractivity contribution in [3.8, 4) is 0 Å². The molecule has 12 nitrogen and oxygen atoms in total. The molecule has 0 rings (SSSR count). The van der Waals surface area contributed by atoms with Crippen LogP contribution < -0.4 is 0 Å². The van der Waals surface area contributed by atoms with Gasteiger partial charge >= 0.3 is 17.6 Å². The Morgan fingerprint density at radius 2 is 0.628 bits per heavy atom. The van der Waals surface area contributed by atoms with Crippen molar-refractivity contribution in [2.24, 2.45) is 11.8 Å². The van der Waals surface area contributed by atoms with Gasteiger partial charge in [-0.2, -0.15) is 0 Å². The van der Waals surface area contributed by atoms with Crippen molar-refractivity contribution in [1.82, 2.24) is 0 Å². The summed E-state index contributed by atoms with van der Waals surface area (Å²) in [6, 6.07) is 1.40. The highest BCUT2D eigenvalue weighted by Gasteiger charge is 2.44. The first-order valence-electron chi connectivity index (χ1n) is 14.5. The first kappa shape index (κ1) is 44.0. The van der Waals surface area contributed by atoms with Crippen molar-refractivity contribution in [2.75, 3.05) is 133 Å². The highest BCUT2D eigenvalue weighted by Crippen LogP contribution is 2.39. The smallest absolute Gasteiger partial charge is 0.382 e. The quantitative estimate of drug-likeness (QED) is 0.0541. The molecule has 0 aliphatic rings. The number of hydrogen-bond acceptors (Lipinski definition) is 15. The predicted octanol–water partition coefficient (Wildman–Crippen LogP) is 4.14. The monoisotopic (exact) mass is 714 g/mol. The van der Waals surface area contributed by atoms with Crippen molar-refractivity contribution in [1.29, 1.82) is 0 Å². The molecule has 0 aliphatic heterocycles. The fourth-order valence-electron chi connectivity index (χ4n) is 3.58. The van der Waals surface area contributed by atoms with Crippen LogP contribution in [0.25, 0.3) is 0 Å². The molecule has 0 saturated heterocycles. The number of hydrogen-bond donors (Lipinski definition) is 0. The van der Waals surface area contributed by atoms with Crippen LogP contribution in [0.4, 0.5) is 0 Å². The summed E-state index contributed by atoms with van der Waals surface area (Å²) in [6.45, 7) is 9.71. The lowest BCUT2D eigenvalue weighted by Gasteiger charge is -2.32. The summed E-state index contributed by atoms with van der Waals surface area (Å²) in [4.78, 5) is 0. The molecule has 0 bridgehead atoms. The van der Waals surface area contributed by atoms with Crippen molar-refractivity contribution in [3.63, 3.8) is 0 Å². The van der Waals surface area contributed by atoms with Crippen molar-refractivity contribution >= 4 is 49.0 Å². The molecule has 0 saturated carbocycles. The first-order chi connectivity index (χ1) is 20.9. The molecule has 0 aromatic heterocycles. The SMILES string of the molecule is COCCO[Si](CC(C)CSSSCC(C)C[Si](OCCOC)(OCCOC)OCCOC)(OCCOC)OCCOC. The van der Waals surface area contributed by atoms with Crippen molar-refractivity contribution in [3.05, 3.63) is 0 Å². The van der Waals surface area contributed by atoms with E-state index in [1.165, 1.54) is 0 Å². The average molecular weight is 715 g/mol. The van der Waals surface area contributed by atoms with Gasteiger partial charge in [0.1, 0.15) is 0 Å². The third kappa shape index (κ3) is 23.9. The number of methoxy groups -OCH3 is 6. The van der Waals surface area contributed by atoms with Crippen LogP contribution in [0.3, 0.4) is 0 Å². The largest absolute Gasteiger partial charge is 0.501 e. The van der Waals surface area contributed by atoms with Crippen LogP contribution in [0.1, 0.15) is 13.8 Å². The normalized spacial score (nSPS) is 14.0. The van der Waals surface area contributed by atoms with Gasteiger partial charge in [0.2, 0.25) is 0 Å². The van der Waals surface area contributed by atoms with E-state index < -0.39 is 17.6 Å². The Morgan fingerprint density at radius 3 is 0.837 bits per heavy atom. The lowest BCUT2D eigenvalue weighted by atomic mass is 10.3. The summed E-state index contributed by atoms with van der Waals surface area (Å²) in [5, 5.41) is 0. The fourth-order valence-corrected chi connectivity index (χ4v) is 14.0. The number of ether oxygens (including phenoxy) is 6. The third-order valence-corrected chi connectivity index (χ3v) is 16.6. The van der Waals surface area contributed by atoms with E-state index >= 15 is 0 Å². The minimum absolute atomic E-state index is 0.312. The van der Waals surface area contributed by atoms with Gasteiger partial charge in [-0.3, -0.25) is 0 Å². The Hall–Kier alpha value is 1.00. The molecular weight excluding hydrogens is 657 g/mol. The molecule has 0 fully saturated rings. The minimum atomic E-state index is -2.96. The van der Waals surface area contributed by atoms with Gasteiger partial charge in [0, 0.05) is 66.3 Å². The van der Waals surface area contributed by atoms with Gasteiger partial charge in [-0.25, -0.2) is 0 Å². The lowest BCUT2D eigenvalue weighted by Crippen LogP contribution is -2.49. The van der Waals surface area contributed by atoms with Gasteiger partial charge in [0.25, 0.3) is 0 Å².